The summed E-state index contributed by atoms with van der Waals surface area (Å²) in [5.74, 6) is 0.0258. The Bertz CT molecular complexity index is 1430. The zero-order valence-corrected chi connectivity index (χ0v) is 26.3. The predicted octanol–water partition coefficient (Wildman–Crippen LogP) is 6.61. The van der Waals surface area contributed by atoms with Gasteiger partial charge >= 0.3 is 0 Å². The zero-order valence-electron chi connectivity index (χ0n) is 26.3. The van der Waals surface area contributed by atoms with Gasteiger partial charge in [0.05, 0.1) is 25.3 Å². The van der Waals surface area contributed by atoms with Crippen molar-refractivity contribution in [1.82, 2.24) is 9.80 Å². The van der Waals surface area contributed by atoms with Gasteiger partial charge in [0.2, 0.25) is 0 Å². The highest BCUT2D eigenvalue weighted by molar-refractivity contribution is 6.46. The maximum absolute atomic E-state index is 13.6. The Kier molecular flexibility index (Phi) is 11.8. The van der Waals surface area contributed by atoms with Crippen molar-refractivity contribution in [3.05, 3.63) is 95.1 Å². The van der Waals surface area contributed by atoms with Gasteiger partial charge in [-0.2, -0.15) is 0 Å². The maximum Gasteiger partial charge on any atom is 0.295 e. The second-order valence-electron chi connectivity index (χ2n) is 10.8. The minimum Gasteiger partial charge on any atom is -0.507 e. The summed E-state index contributed by atoms with van der Waals surface area (Å²) >= 11 is 0. The first-order valence-electron chi connectivity index (χ1n) is 15.5. The summed E-state index contributed by atoms with van der Waals surface area (Å²) in [6.45, 7) is 10.1. The number of Topliss-reactive ketones (excluding diaryl/α,β-unsaturated/α-hetero) is 1. The normalized spacial score (nSPS) is 16.0. The fourth-order valence-corrected chi connectivity index (χ4v) is 5.39. The third-order valence-corrected chi connectivity index (χ3v) is 7.92. The molecule has 8 nitrogen and oxygen atoms in total. The van der Waals surface area contributed by atoms with Crippen molar-refractivity contribution in [1.29, 1.82) is 0 Å². The number of hydrogen-bond acceptors (Lipinski definition) is 7. The third kappa shape index (κ3) is 7.80. The minimum atomic E-state index is -0.798. The molecule has 1 N–H and O–H groups in total. The van der Waals surface area contributed by atoms with E-state index in [0.29, 0.717) is 54.6 Å². The van der Waals surface area contributed by atoms with Gasteiger partial charge in [0.1, 0.15) is 18.1 Å². The van der Waals surface area contributed by atoms with E-state index in [4.69, 9.17) is 14.2 Å². The molecule has 0 saturated carbocycles. The highest BCUT2D eigenvalue weighted by Crippen LogP contribution is 2.42. The second kappa shape index (κ2) is 16.0. The number of hydrogen-bond donors (Lipinski definition) is 1. The molecular formula is C36H44N2O6. The van der Waals surface area contributed by atoms with Crippen LogP contribution in [0.5, 0.6) is 17.2 Å². The molecule has 1 amide bonds. The highest BCUT2D eigenvalue weighted by Gasteiger charge is 2.46. The summed E-state index contributed by atoms with van der Waals surface area (Å²) < 4.78 is 17.6. The fraction of sp³-hybridized carbons (Fsp3) is 0.389. The quantitative estimate of drug-likeness (QED) is 0.0857. The van der Waals surface area contributed by atoms with Gasteiger partial charge in [0, 0.05) is 12.1 Å². The molecule has 1 aliphatic heterocycles. The average Bonchev–Trinajstić information content (AvgIpc) is 3.31. The Balaban J connectivity index is 1.71. The number of ether oxygens (including phenoxy) is 3. The molecule has 0 bridgehead atoms. The minimum absolute atomic E-state index is 0.0450. The number of aliphatic hydroxyl groups excluding tert-OH is 1. The molecule has 234 valence electrons. The van der Waals surface area contributed by atoms with Gasteiger partial charge in [-0.05, 0) is 67.9 Å². The van der Waals surface area contributed by atoms with E-state index in [2.05, 4.69) is 25.7 Å². The van der Waals surface area contributed by atoms with E-state index in [0.717, 1.165) is 38.0 Å². The van der Waals surface area contributed by atoms with E-state index in [-0.39, 0.29) is 11.3 Å². The predicted molar refractivity (Wildman–Crippen MR) is 172 cm³/mol. The van der Waals surface area contributed by atoms with Crippen molar-refractivity contribution in [2.75, 3.05) is 39.9 Å². The van der Waals surface area contributed by atoms with Crippen LogP contribution in [0.1, 0.15) is 62.8 Å². The van der Waals surface area contributed by atoms with Crippen molar-refractivity contribution >= 4 is 17.4 Å². The molecule has 1 aliphatic rings. The lowest BCUT2D eigenvalue weighted by atomic mass is 9.95. The Morgan fingerprint density at radius 2 is 1.66 bits per heavy atom. The van der Waals surface area contributed by atoms with Crippen molar-refractivity contribution in [2.45, 2.75) is 52.7 Å². The van der Waals surface area contributed by atoms with Gasteiger partial charge in [-0.1, -0.05) is 75.7 Å². The van der Waals surface area contributed by atoms with Crippen molar-refractivity contribution in [2.24, 2.45) is 0 Å². The number of likely N-dealkylation sites (tertiary alicyclic amines) is 1. The van der Waals surface area contributed by atoms with Crippen LogP contribution in [-0.2, 0) is 16.2 Å². The number of ketones is 1. The summed E-state index contributed by atoms with van der Waals surface area (Å²) in [7, 11) is 1.56. The van der Waals surface area contributed by atoms with Crippen LogP contribution in [0.3, 0.4) is 0 Å². The highest BCUT2D eigenvalue weighted by atomic mass is 16.5. The van der Waals surface area contributed by atoms with Crippen LogP contribution in [0.15, 0.2) is 78.4 Å². The molecular weight excluding hydrogens is 556 g/mol. The molecule has 0 radical (unpaired) electrons. The number of rotatable bonds is 16. The first-order valence-corrected chi connectivity index (χ1v) is 15.5. The van der Waals surface area contributed by atoms with Crippen molar-refractivity contribution in [3.8, 4) is 17.2 Å². The van der Waals surface area contributed by atoms with E-state index in [1.54, 1.807) is 42.3 Å². The Morgan fingerprint density at radius 1 is 0.886 bits per heavy atom. The molecule has 44 heavy (non-hydrogen) atoms. The standard InChI is InChI=1S/C36H44N2O6/c1-5-8-22-43-29-17-12-16-28(23-29)34(39)32-33(38(36(41)35(32)40)21-13-20-37(6-2)7-3)27-18-19-30(31(24-27)42-4)44-25-26-14-10-9-11-15-26/h9-12,14-19,23-24,33,39H,5-8,13,20-22,25H2,1-4H3/b34-32+. The molecule has 1 saturated heterocycles. The Morgan fingerprint density at radius 3 is 2.36 bits per heavy atom. The fourth-order valence-electron chi connectivity index (χ4n) is 5.39. The molecule has 1 unspecified atom stereocenters. The summed E-state index contributed by atoms with van der Waals surface area (Å²) in [6, 6.07) is 21.4. The molecule has 3 aromatic rings. The van der Waals surface area contributed by atoms with Gasteiger partial charge in [-0.25, -0.2) is 0 Å². The van der Waals surface area contributed by atoms with Crippen LogP contribution in [0.2, 0.25) is 0 Å². The molecule has 1 fully saturated rings. The summed E-state index contributed by atoms with van der Waals surface area (Å²) in [6.07, 6.45) is 2.58. The molecule has 1 atom stereocenters. The lowest BCUT2D eigenvalue weighted by Gasteiger charge is -2.27. The largest absolute Gasteiger partial charge is 0.507 e. The number of methoxy groups -OCH3 is 1. The van der Waals surface area contributed by atoms with Crippen LogP contribution < -0.4 is 14.2 Å². The molecule has 0 aromatic heterocycles. The third-order valence-electron chi connectivity index (χ3n) is 7.92. The number of carbonyl (C=O) groups excluding carboxylic acids is 2. The zero-order chi connectivity index (χ0) is 31.5. The van der Waals surface area contributed by atoms with Crippen molar-refractivity contribution < 1.29 is 28.9 Å². The smallest absolute Gasteiger partial charge is 0.295 e. The monoisotopic (exact) mass is 600 g/mol. The lowest BCUT2D eigenvalue weighted by Crippen LogP contribution is -2.33. The van der Waals surface area contributed by atoms with E-state index >= 15 is 0 Å². The van der Waals surface area contributed by atoms with Crippen LogP contribution in [0, 0.1) is 0 Å². The van der Waals surface area contributed by atoms with Gasteiger partial charge < -0.3 is 29.1 Å². The number of nitrogens with zero attached hydrogens (tertiary/aromatic N) is 2. The summed E-state index contributed by atoms with van der Waals surface area (Å²) in [5.41, 5.74) is 2.12. The molecule has 8 heteroatoms. The van der Waals surface area contributed by atoms with E-state index in [9.17, 15) is 14.7 Å². The van der Waals surface area contributed by atoms with Crippen LogP contribution in [0.25, 0.3) is 5.76 Å². The average molecular weight is 601 g/mol. The number of amides is 1. The Labute approximate surface area is 260 Å². The molecule has 1 heterocycles. The number of aliphatic hydroxyl groups is 1. The van der Waals surface area contributed by atoms with E-state index in [1.165, 1.54) is 0 Å². The molecule has 4 rings (SSSR count). The van der Waals surface area contributed by atoms with Gasteiger partial charge in [0.25, 0.3) is 11.7 Å². The van der Waals surface area contributed by atoms with E-state index in [1.807, 2.05) is 42.5 Å². The summed E-state index contributed by atoms with van der Waals surface area (Å²) in [4.78, 5) is 30.9. The summed E-state index contributed by atoms with van der Waals surface area (Å²) in [5, 5.41) is 11.6. The molecule has 3 aromatic carbocycles. The molecule has 0 aliphatic carbocycles. The first kappa shape index (κ1) is 32.6. The number of unbranched alkanes of at least 4 members (excludes halogenated alkanes) is 1. The first-order chi connectivity index (χ1) is 21.4. The maximum atomic E-state index is 13.6. The van der Waals surface area contributed by atoms with Crippen LogP contribution >= 0.6 is 0 Å². The SMILES string of the molecule is CCCCOc1cccc(/C(O)=C2\C(=O)C(=O)N(CCCN(CC)CC)C2c2ccc(OCc3ccccc3)c(OC)c2)c1. The Hall–Kier alpha value is -4.30. The number of carbonyl (C=O) groups is 2. The van der Waals surface area contributed by atoms with E-state index < -0.39 is 17.7 Å². The van der Waals surface area contributed by atoms with Gasteiger partial charge in [0.15, 0.2) is 11.5 Å². The van der Waals surface area contributed by atoms with Crippen LogP contribution in [-0.4, -0.2) is 66.5 Å². The van der Waals surface area contributed by atoms with Gasteiger partial charge in [-0.15, -0.1) is 0 Å². The van der Waals surface area contributed by atoms with Crippen molar-refractivity contribution in [3.63, 3.8) is 0 Å². The second-order valence-corrected chi connectivity index (χ2v) is 10.8. The lowest BCUT2D eigenvalue weighted by molar-refractivity contribution is -0.140. The van der Waals surface area contributed by atoms with Crippen LogP contribution in [0.4, 0.5) is 0 Å². The molecule has 0 spiro atoms. The van der Waals surface area contributed by atoms with Gasteiger partial charge in [-0.3, -0.25) is 9.59 Å². The number of benzene rings is 3. The topological polar surface area (TPSA) is 88.5 Å².